The number of hydrogen-bond donors (Lipinski definition) is 0. The van der Waals surface area contributed by atoms with Crippen LogP contribution in [0.25, 0.3) is 0 Å². The average Bonchev–Trinajstić information content (AvgIpc) is 2.48. The van der Waals surface area contributed by atoms with Gasteiger partial charge in [0.05, 0.1) is 5.82 Å². The highest BCUT2D eigenvalue weighted by molar-refractivity contribution is 9.23. The molecule has 1 aliphatic heterocycles. The predicted octanol–water partition coefficient (Wildman–Crippen LogP) is 4.76. The number of hydrogen-bond acceptors (Lipinski definition) is 0. The van der Waals surface area contributed by atoms with Gasteiger partial charge in [-0.05, 0) is 30.4 Å². The van der Waals surface area contributed by atoms with Crippen molar-refractivity contribution in [2.24, 2.45) is 0 Å². The molecule has 20 heavy (non-hydrogen) atoms. The third-order valence-electron chi connectivity index (χ3n) is 4.76. The molecule has 2 rings (SSSR count). The molecule has 0 saturated carbocycles. The van der Waals surface area contributed by atoms with Crippen LogP contribution in [-0.4, -0.2) is 27.0 Å². The quantitative estimate of drug-likeness (QED) is 0.502. The lowest BCUT2D eigenvalue weighted by Gasteiger charge is -2.28. The van der Waals surface area contributed by atoms with Crippen LogP contribution in [0.15, 0.2) is 18.2 Å². The number of benzene rings is 1. The molecule has 0 aliphatic carbocycles. The molecule has 4 heteroatoms. The molecular weight excluding hydrogens is 343 g/mol. The van der Waals surface area contributed by atoms with Gasteiger partial charge in [0.2, 0.25) is 0 Å². The van der Waals surface area contributed by atoms with Crippen molar-refractivity contribution in [2.45, 2.75) is 63.1 Å². The van der Waals surface area contributed by atoms with Gasteiger partial charge in [-0.1, -0.05) is 56.5 Å². The Kier molecular flexibility index (Phi) is 7.56. The Morgan fingerprint density at radius 3 is 2.65 bits per heavy atom. The molecule has 1 fully saturated rings. The molecule has 0 N–H and O–H groups in total. The van der Waals surface area contributed by atoms with Crippen molar-refractivity contribution in [1.82, 2.24) is 0 Å². The SMILES string of the molecule is CCCCC[Si@H]1CC[C@H](c2cc[c]([Mg][Br])c(F)c2)CC1. The van der Waals surface area contributed by atoms with E-state index < -0.39 is 27.0 Å². The first-order valence-corrected chi connectivity index (χ1v) is 15.1. The Morgan fingerprint density at radius 2 is 2.05 bits per heavy atom. The predicted molar refractivity (Wildman–Crippen MR) is 93.8 cm³/mol. The molecule has 1 aliphatic rings. The minimum Gasteiger partial charge on any atom is -0.296 e. The Labute approximate surface area is 140 Å². The number of halogens is 2. The Bertz CT molecular complexity index is 419. The fourth-order valence-corrected chi connectivity index (χ4v) is 8.67. The molecule has 1 aromatic rings. The third-order valence-corrected chi connectivity index (χ3v) is 11.0. The third kappa shape index (κ3) is 4.82. The first-order chi connectivity index (χ1) is 9.74. The van der Waals surface area contributed by atoms with Crippen LogP contribution in [0.1, 0.15) is 50.5 Å². The number of unbranched alkanes of at least 4 members (excludes halogenated alkanes) is 2. The second-order valence-electron chi connectivity index (χ2n) is 6.20. The first-order valence-electron chi connectivity index (χ1n) is 8.08. The highest BCUT2D eigenvalue weighted by Crippen LogP contribution is 2.35. The highest BCUT2D eigenvalue weighted by Gasteiger charge is 2.23. The van der Waals surface area contributed by atoms with Gasteiger partial charge >= 0.3 is 18.2 Å². The van der Waals surface area contributed by atoms with Crippen molar-refractivity contribution >= 4 is 43.6 Å². The normalized spacial score (nSPS) is 22.6. The van der Waals surface area contributed by atoms with E-state index in [1.807, 2.05) is 12.1 Å². The summed E-state index contributed by atoms with van der Waals surface area (Å²) < 4.78 is 14.8. The molecule has 0 unspecified atom stereocenters. The zero-order chi connectivity index (χ0) is 14.4. The van der Waals surface area contributed by atoms with Crippen LogP contribution in [0.5, 0.6) is 0 Å². The fourth-order valence-electron chi connectivity index (χ4n) is 3.39. The lowest BCUT2D eigenvalue weighted by molar-refractivity contribution is 0.589. The fraction of sp³-hybridized carbons (Fsp3) is 0.625. The Balaban J connectivity index is 1.85. The van der Waals surface area contributed by atoms with Crippen LogP contribution in [0.2, 0.25) is 18.1 Å². The summed E-state index contributed by atoms with van der Waals surface area (Å²) in [5.74, 6) is 0.652. The van der Waals surface area contributed by atoms with Crippen LogP contribution < -0.4 is 3.69 Å². The lowest BCUT2D eigenvalue weighted by atomic mass is 9.93. The number of rotatable bonds is 6. The van der Waals surface area contributed by atoms with Crippen molar-refractivity contribution in [2.75, 3.05) is 0 Å². The highest BCUT2D eigenvalue weighted by atomic mass is 79.9. The van der Waals surface area contributed by atoms with Crippen LogP contribution in [-0.2, 0) is 0 Å². The van der Waals surface area contributed by atoms with Crippen LogP contribution in [0, 0.1) is 5.82 Å². The summed E-state index contributed by atoms with van der Waals surface area (Å²) in [6.07, 6.45) is 6.83. The van der Waals surface area contributed by atoms with Crippen molar-refractivity contribution in [3.8, 4) is 0 Å². The molecule has 0 spiro atoms. The average molecular weight is 368 g/mol. The molecule has 0 radical (unpaired) electrons. The molecule has 1 saturated heterocycles. The maximum Gasteiger partial charge on any atom is 0.511 e. The summed E-state index contributed by atoms with van der Waals surface area (Å²) in [4.78, 5) is 0. The van der Waals surface area contributed by atoms with Gasteiger partial charge in [0.15, 0.2) is 0 Å². The maximum absolute atomic E-state index is 13.9. The molecular formula is C16H24BrFMgSi. The van der Waals surface area contributed by atoms with Gasteiger partial charge < -0.3 is 0 Å². The maximum atomic E-state index is 13.9. The molecule has 0 nitrogen and oxygen atoms in total. The van der Waals surface area contributed by atoms with Gasteiger partial charge in [0.25, 0.3) is 0 Å². The zero-order valence-electron chi connectivity index (χ0n) is 12.5. The second-order valence-corrected chi connectivity index (χ2v) is 12.4. The van der Waals surface area contributed by atoms with E-state index in [1.54, 1.807) is 6.04 Å². The molecule has 0 aromatic heterocycles. The molecule has 1 aromatic carbocycles. The summed E-state index contributed by atoms with van der Waals surface area (Å²) in [6.45, 7) is 2.28. The van der Waals surface area contributed by atoms with Crippen molar-refractivity contribution in [1.29, 1.82) is 0 Å². The summed E-state index contributed by atoms with van der Waals surface area (Å²) in [6, 6.07) is 10.5. The van der Waals surface area contributed by atoms with Gasteiger partial charge in [-0.15, -0.1) is 3.69 Å². The largest absolute Gasteiger partial charge is 0.511 e. The zero-order valence-corrected chi connectivity index (χ0v) is 16.7. The Hall–Kier alpha value is 0.613. The van der Waals surface area contributed by atoms with E-state index in [4.69, 9.17) is 0 Å². The standard InChI is InChI=1S/C16H24FSi.BrH.Mg/c1-2-3-4-10-18-11-8-14(9-12-18)15-6-5-7-16(17)13-15;;/h5-6,13-14,18H,2-4,8-12H2,1H3;1H;/q;;+1/p-1/t14-,18-;;. The minimum atomic E-state index is -0.558. The van der Waals surface area contributed by atoms with E-state index in [-0.39, 0.29) is 5.82 Å². The van der Waals surface area contributed by atoms with E-state index in [0.717, 1.165) is 3.69 Å². The monoisotopic (exact) mass is 366 g/mol. The molecule has 108 valence electrons. The van der Waals surface area contributed by atoms with Crippen molar-refractivity contribution in [3.05, 3.63) is 29.6 Å². The lowest BCUT2D eigenvalue weighted by Crippen LogP contribution is -2.21. The minimum absolute atomic E-state index is 0.0216. The van der Waals surface area contributed by atoms with Gasteiger partial charge in [-0.25, -0.2) is 4.39 Å². The van der Waals surface area contributed by atoms with Crippen molar-refractivity contribution < 1.29 is 4.39 Å². The molecule has 0 amide bonds. The summed E-state index contributed by atoms with van der Waals surface area (Å²) in [5, 5.41) is 0. The van der Waals surface area contributed by atoms with Crippen LogP contribution in [0.4, 0.5) is 4.39 Å². The van der Waals surface area contributed by atoms with Gasteiger partial charge in [-0.3, -0.25) is 12.9 Å². The molecule has 0 bridgehead atoms. The van der Waals surface area contributed by atoms with Gasteiger partial charge in [-0.2, -0.15) is 0 Å². The smallest absolute Gasteiger partial charge is 0.296 e. The van der Waals surface area contributed by atoms with Crippen LogP contribution >= 0.6 is 12.9 Å². The van der Waals surface area contributed by atoms with Crippen molar-refractivity contribution in [3.63, 3.8) is 0 Å². The summed E-state index contributed by atoms with van der Waals surface area (Å²) >= 11 is 2.91. The van der Waals surface area contributed by atoms with Crippen LogP contribution in [0.3, 0.4) is 0 Å². The van der Waals surface area contributed by atoms with E-state index in [0.29, 0.717) is 5.92 Å². The van der Waals surface area contributed by atoms with E-state index in [2.05, 4.69) is 25.9 Å². The summed E-state index contributed by atoms with van der Waals surface area (Å²) in [7, 11) is -0.442. The molecule has 0 atom stereocenters. The summed E-state index contributed by atoms with van der Waals surface area (Å²) in [5.41, 5.74) is 1.25. The van der Waals surface area contributed by atoms with E-state index in [1.165, 1.54) is 49.8 Å². The van der Waals surface area contributed by atoms with Gasteiger partial charge in [0, 0.05) is 8.80 Å². The van der Waals surface area contributed by atoms with Gasteiger partial charge in [0.1, 0.15) is 0 Å². The topological polar surface area (TPSA) is 0 Å². The second kappa shape index (κ2) is 8.91. The Morgan fingerprint density at radius 1 is 1.30 bits per heavy atom. The van der Waals surface area contributed by atoms with E-state index in [9.17, 15) is 4.39 Å². The molecule has 1 heterocycles. The van der Waals surface area contributed by atoms with E-state index >= 15 is 0 Å². The first kappa shape index (κ1) is 17.0.